The minimum atomic E-state index is -1.11. The van der Waals surface area contributed by atoms with Crippen LogP contribution in [0, 0.1) is 17.5 Å². The molecule has 4 rings (SSSR count). The maximum atomic E-state index is 15.1. The van der Waals surface area contributed by atoms with Crippen molar-refractivity contribution in [2.45, 2.75) is 36.9 Å². The number of hydrogen-bond acceptors (Lipinski definition) is 7. The predicted octanol–water partition coefficient (Wildman–Crippen LogP) is 3.24. The van der Waals surface area contributed by atoms with E-state index < -0.39 is 41.4 Å². The molecule has 2 heterocycles. The Hall–Kier alpha value is -4.16. The van der Waals surface area contributed by atoms with Crippen molar-refractivity contribution in [2.75, 3.05) is 32.1 Å². The molecule has 1 aliphatic rings. The molecule has 1 saturated heterocycles. The van der Waals surface area contributed by atoms with E-state index in [1.165, 1.54) is 61.8 Å². The van der Waals surface area contributed by atoms with Crippen LogP contribution in [0.25, 0.3) is 0 Å². The fourth-order valence-corrected chi connectivity index (χ4v) is 4.76. The molecule has 41 heavy (non-hydrogen) atoms. The van der Waals surface area contributed by atoms with E-state index in [4.69, 9.17) is 15.2 Å². The predicted molar refractivity (Wildman–Crippen MR) is 146 cm³/mol. The van der Waals surface area contributed by atoms with Gasteiger partial charge in [-0.25, -0.2) is 18.0 Å². The third kappa shape index (κ3) is 7.95. The zero-order chi connectivity index (χ0) is 29.4. The Bertz CT molecular complexity index is 1270. The van der Waals surface area contributed by atoms with Crippen molar-refractivity contribution in [1.82, 2.24) is 15.6 Å². The lowest BCUT2D eigenvalue weighted by Crippen LogP contribution is -2.49. The largest absolute Gasteiger partial charge is 0.448 e. The van der Waals surface area contributed by atoms with Gasteiger partial charge in [-0.15, -0.1) is 0 Å². The normalized spacial score (nSPS) is 17.6. The van der Waals surface area contributed by atoms with Crippen LogP contribution in [-0.2, 0) is 20.7 Å². The number of nitrogens with one attached hydrogen (secondary N) is 3. The second-order valence-electron chi connectivity index (χ2n) is 9.70. The third-order valence-corrected chi connectivity index (χ3v) is 6.92. The Labute approximate surface area is 235 Å². The minimum absolute atomic E-state index is 0.150. The summed E-state index contributed by atoms with van der Waals surface area (Å²) in [6, 6.07) is 9.83. The van der Waals surface area contributed by atoms with Gasteiger partial charge < -0.3 is 31.2 Å². The molecule has 5 N–H and O–H groups in total. The topological polar surface area (TPSA) is 128 Å². The summed E-state index contributed by atoms with van der Waals surface area (Å²) >= 11 is 0. The highest BCUT2D eigenvalue weighted by Gasteiger charge is 2.31. The maximum Gasteiger partial charge on any atom is 0.406 e. The quantitative estimate of drug-likeness (QED) is 0.278. The molecule has 218 valence electrons. The molecule has 0 bridgehead atoms. The van der Waals surface area contributed by atoms with Gasteiger partial charge in [-0.2, -0.15) is 0 Å². The number of nitrogens with two attached hydrogens (primary N) is 1. The van der Waals surface area contributed by atoms with Crippen LogP contribution in [0.15, 0.2) is 60.9 Å². The Balaban J connectivity index is 1.51. The number of halogens is 3. The Morgan fingerprint density at radius 3 is 2.24 bits per heavy atom. The van der Waals surface area contributed by atoms with E-state index in [0.29, 0.717) is 30.7 Å². The summed E-state index contributed by atoms with van der Waals surface area (Å²) in [6.07, 6.45) is 2.44. The zero-order valence-corrected chi connectivity index (χ0v) is 22.4. The lowest BCUT2D eigenvalue weighted by molar-refractivity contribution is -0.119. The SMILES string of the molecule is CNC(=O)OC[C@@H]1CO[C@H](CCc2c(F)cncc2N[C@H](C(N)=O)C(c2ccc(F)cc2)c2ccc(F)cc2)CN1. The molecule has 1 aliphatic heterocycles. The number of alkyl carbamates (subject to hydrolysis) is 1. The van der Waals surface area contributed by atoms with E-state index in [-0.39, 0.29) is 36.4 Å². The molecule has 3 atom stereocenters. The summed E-state index contributed by atoms with van der Waals surface area (Å²) in [5, 5.41) is 8.70. The van der Waals surface area contributed by atoms with Gasteiger partial charge in [0.05, 0.1) is 36.8 Å². The lowest BCUT2D eigenvalue weighted by atomic mass is 9.84. The zero-order valence-electron chi connectivity index (χ0n) is 22.4. The number of amides is 2. The molecule has 0 spiro atoms. The van der Waals surface area contributed by atoms with Gasteiger partial charge in [-0.1, -0.05) is 24.3 Å². The lowest BCUT2D eigenvalue weighted by Gasteiger charge is -2.31. The second kappa shape index (κ2) is 14.0. The number of rotatable bonds is 11. The van der Waals surface area contributed by atoms with Gasteiger partial charge >= 0.3 is 6.09 Å². The summed E-state index contributed by atoms with van der Waals surface area (Å²) in [5.74, 6) is -2.99. The van der Waals surface area contributed by atoms with E-state index in [1.807, 2.05) is 0 Å². The van der Waals surface area contributed by atoms with Gasteiger partial charge in [0.25, 0.3) is 0 Å². The first-order valence-electron chi connectivity index (χ1n) is 13.1. The molecule has 1 aromatic heterocycles. The van der Waals surface area contributed by atoms with Crippen LogP contribution in [0.5, 0.6) is 0 Å². The van der Waals surface area contributed by atoms with E-state index in [0.717, 1.165) is 6.20 Å². The van der Waals surface area contributed by atoms with Crippen LogP contribution in [0.1, 0.15) is 29.0 Å². The van der Waals surface area contributed by atoms with Gasteiger partial charge in [0.15, 0.2) is 0 Å². The van der Waals surface area contributed by atoms with Crippen LogP contribution in [-0.4, -0.2) is 62.0 Å². The van der Waals surface area contributed by atoms with Crippen molar-refractivity contribution in [3.63, 3.8) is 0 Å². The first-order valence-corrected chi connectivity index (χ1v) is 13.1. The molecule has 0 saturated carbocycles. The van der Waals surface area contributed by atoms with Crippen molar-refractivity contribution in [2.24, 2.45) is 5.73 Å². The Morgan fingerprint density at radius 1 is 1.07 bits per heavy atom. The number of carbonyl (C=O) groups excluding carboxylic acids is 2. The molecule has 0 aliphatic carbocycles. The highest BCUT2D eigenvalue weighted by atomic mass is 19.1. The standard InChI is InChI=1S/C29H32F3N5O4/c1-34-29(39)41-16-21-15-40-22(12-36-21)10-11-23-24(32)13-35-14-25(23)37-27(28(33)38)26(17-2-6-19(30)7-3-17)18-4-8-20(31)9-5-18/h2-9,13-14,21-22,26-27,36-37H,10-12,15-16H2,1H3,(H2,33,38)(H,34,39)/t21-,22+,27-/m0/s1. The van der Waals surface area contributed by atoms with Gasteiger partial charge in [-0.05, 0) is 48.2 Å². The van der Waals surface area contributed by atoms with Crippen LogP contribution in [0.2, 0.25) is 0 Å². The molecular weight excluding hydrogens is 539 g/mol. The second-order valence-corrected chi connectivity index (χ2v) is 9.70. The van der Waals surface area contributed by atoms with E-state index in [9.17, 15) is 18.4 Å². The smallest absolute Gasteiger partial charge is 0.406 e. The molecule has 2 amide bonds. The monoisotopic (exact) mass is 571 g/mol. The number of ether oxygens (including phenoxy) is 2. The summed E-state index contributed by atoms with van der Waals surface area (Å²) < 4.78 is 53.4. The first kappa shape index (κ1) is 29.8. The van der Waals surface area contributed by atoms with Crippen molar-refractivity contribution < 1.29 is 32.2 Å². The average molecular weight is 572 g/mol. The summed E-state index contributed by atoms with van der Waals surface area (Å²) in [7, 11) is 1.47. The molecule has 0 unspecified atom stereocenters. The van der Waals surface area contributed by atoms with Crippen molar-refractivity contribution in [1.29, 1.82) is 0 Å². The molecular formula is C29H32F3N5O4. The molecule has 0 radical (unpaired) electrons. The maximum absolute atomic E-state index is 15.1. The van der Waals surface area contributed by atoms with Gasteiger partial charge in [-0.3, -0.25) is 9.78 Å². The van der Waals surface area contributed by atoms with Gasteiger partial charge in [0, 0.05) is 25.1 Å². The number of aromatic nitrogens is 1. The molecule has 3 aromatic rings. The number of pyridine rings is 1. The number of morpholine rings is 1. The van der Waals surface area contributed by atoms with E-state index in [2.05, 4.69) is 20.9 Å². The van der Waals surface area contributed by atoms with Crippen molar-refractivity contribution in [3.05, 3.63) is 95.1 Å². The van der Waals surface area contributed by atoms with Crippen molar-refractivity contribution in [3.8, 4) is 0 Å². The van der Waals surface area contributed by atoms with Gasteiger partial charge in [0.1, 0.15) is 30.1 Å². The molecule has 12 heteroatoms. The van der Waals surface area contributed by atoms with Gasteiger partial charge in [0.2, 0.25) is 5.91 Å². The van der Waals surface area contributed by atoms with Crippen molar-refractivity contribution >= 4 is 17.7 Å². The highest BCUT2D eigenvalue weighted by Crippen LogP contribution is 2.32. The van der Waals surface area contributed by atoms with E-state index >= 15 is 4.39 Å². The molecule has 1 fully saturated rings. The van der Waals surface area contributed by atoms with Crippen LogP contribution < -0.4 is 21.7 Å². The Morgan fingerprint density at radius 2 is 1.71 bits per heavy atom. The molecule has 9 nitrogen and oxygen atoms in total. The average Bonchev–Trinajstić information content (AvgIpc) is 2.97. The molecule has 2 aromatic carbocycles. The van der Waals surface area contributed by atoms with Crippen LogP contribution in [0.4, 0.5) is 23.7 Å². The van der Waals surface area contributed by atoms with E-state index in [1.54, 1.807) is 0 Å². The highest BCUT2D eigenvalue weighted by molar-refractivity contribution is 5.85. The number of hydrogen-bond donors (Lipinski definition) is 4. The summed E-state index contributed by atoms with van der Waals surface area (Å²) in [4.78, 5) is 28.0. The number of nitrogens with zero attached hydrogens (tertiary/aromatic N) is 1. The number of carbonyl (C=O) groups is 2. The number of primary amides is 1. The number of benzene rings is 2. The summed E-state index contributed by atoms with van der Waals surface area (Å²) in [5.41, 5.74) is 7.50. The Kier molecular flexibility index (Phi) is 10.1. The fraction of sp³-hybridized carbons (Fsp3) is 0.345. The first-order chi connectivity index (χ1) is 19.7. The van der Waals surface area contributed by atoms with Crippen LogP contribution >= 0.6 is 0 Å². The number of anilines is 1. The minimum Gasteiger partial charge on any atom is -0.448 e. The summed E-state index contributed by atoms with van der Waals surface area (Å²) in [6.45, 7) is 0.932. The van der Waals surface area contributed by atoms with Crippen LogP contribution in [0.3, 0.4) is 0 Å². The fourth-order valence-electron chi connectivity index (χ4n) is 4.76. The third-order valence-electron chi connectivity index (χ3n) is 6.92.